The van der Waals surface area contributed by atoms with Crippen molar-refractivity contribution < 1.29 is 9.53 Å². The summed E-state index contributed by atoms with van der Waals surface area (Å²) in [5.74, 6) is 3.16. The third-order valence-corrected chi connectivity index (χ3v) is 5.03. The van der Waals surface area contributed by atoms with E-state index in [-0.39, 0.29) is 5.97 Å². The fourth-order valence-electron chi connectivity index (χ4n) is 3.91. The Labute approximate surface area is 124 Å². The zero-order chi connectivity index (χ0) is 14.4. The van der Waals surface area contributed by atoms with Crippen molar-refractivity contribution >= 4 is 17.6 Å². The Morgan fingerprint density at radius 2 is 1.90 bits per heavy atom. The molecular formula is C15H20N4O2. The number of ether oxygens (including phenoxy) is 1. The summed E-state index contributed by atoms with van der Waals surface area (Å²) in [6.45, 7) is 2.72. The predicted octanol–water partition coefficient (Wildman–Crippen LogP) is 0.857. The number of esters is 1. The van der Waals surface area contributed by atoms with Crippen LogP contribution in [0.3, 0.4) is 0 Å². The molecule has 0 spiro atoms. The van der Waals surface area contributed by atoms with E-state index in [4.69, 9.17) is 4.74 Å². The normalized spacial score (nSPS) is 33.7. The first kappa shape index (κ1) is 12.9. The third-order valence-electron chi connectivity index (χ3n) is 5.03. The molecule has 1 aliphatic carbocycles. The van der Waals surface area contributed by atoms with E-state index in [0.29, 0.717) is 6.54 Å². The number of amidine groups is 2. The van der Waals surface area contributed by atoms with Gasteiger partial charge >= 0.3 is 5.97 Å². The van der Waals surface area contributed by atoms with Gasteiger partial charge in [-0.25, -0.2) is 14.8 Å². The van der Waals surface area contributed by atoms with Crippen molar-refractivity contribution in [3.8, 4) is 0 Å². The van der Waals surface area contributed by atoms with Crippen LogP contribution in [0.25, 0.3) is 0 Å². The van der Waals surface area contributed by atoms with Gasteiger partial charge in [0.1, 0.15) is 11.7 Å². The van der Waals surface area contributed by atoms with Crippen LogP contribution in [0.1, 0.15) is 19.3 Å². The highest BCUT2D eigenvalue weighted by molar-refractivity contribution is 6.06. The molecule has 112 valence electrons. The molecule has 0 aromatic carbocycles. The van der Waals surface area contributed by atoms with Crippen molar-refractivity contribution in [1.82, 2.24) is 9.91 Å². The first-order chi connectivity index (χ1) is 10.2. The number of methoxy groups -OCH3 is 1. The molecule has 1 saturated carbocycles. The fraction of sp³-hybridized carbons (Fsp3) is 0.667. The average molecular weight is 288 g/mol. The summed E-state index contributed by atoms with van der Waals surface area (Å²) in [5, 5.41) is 6.49. The molecule has 4 rings (SSSR count). The molecule has 0 N–H and O–H groups in total. The lowest BCUT2D eigenvalue weighted by atomic mass is 10.0. The van der Waals surface area contributed by atoms with E-state index >= 15 is 0 Å². The van der Waals surface area contributed by atoms with Crippen LogP contribution in [0.2, 0.25) is 0 Å². The van der Waals surface area contributed by atoms with Crippen molar-refractivity contribution in [3.05, 3.63) is 12.2 Å². The standard InChI is InChI=1S/C15H20N4O2/c1-21-15(20)12-9-19-13(16-12)5-6-14(17-19)18-7-10-3-2-4-11(10)8-18/h5-6,10-12H,2-4,7-9H2,1H3. The quantitative estimate of drug-likeness (QED) is 0.671. The monoisotopic (exact) mass is 288 g/mol. The third kappa shape index (κ3) is 2.13. The highest BCUT2D eigenvalue weighted by Crippen LogP contribution is 2.38. The largest absolute Gasteiger partial charge is 0.467 e. The second-order valence-corrected chi connectivity index (χ2v) is 6.26. The van der Waals surface area contributed by atoms with Gasteiger partial charge in [0.15, 0.2) is 6.04 Å². The SMILES string of the molecule is COC(=O)C1CN2N=C(N3CC4CCCC4C3)C=CC2=N1. The van der Waals surface area contributed by atoms with Gasteiger partial charge in [-0.15, -0.1) is 0 Å². The smallest absolute Gasteiger partial charge is 0.332 e. The summed E-state index contributed by atoms with van der Waals surface area (Å²) in [6.07, 6.45) is 8.09. The van der Waals surface area contributed by atoms with E-state index in [9.17, 15) is 4.79 Å². The molecule has 6 nitrogen and oxygen atoms in total. The number of likely N-dealkylation sites (tertiary alicyclic amines) is 1. The van der Waals surface area contributed by atoms with Gasteiger partial charge in [-0.2, -0.15) is 5.10 Å². The van der Waals surface area contributed by atoms with Crippen LogP contribution < -0.4 is 0 Å². The molecule has 3 aliphatic heterocycles. The molecule has 0 radical (unpaired) electrons. The molecule has 1 saturated heterocycles. The van der Waals surface area contributed by atoms with Crippen LogP contribution in [-0.2, 0) is 9.53 Å². The Bertz CT molecular complexity index is 542. The van der Waals surface area contributed by atoms with Gasteiger partial charge in [-0.3, -0.25) is 0 Å². The summed E-state index contributed by atoms with van der Waals surface area (Å²) in [7, 11) is 1.40. The van der Waals surface area contributed by atoms with Gasteiger partial charge in [0, 0.05) is 13.1 Å². The van der Waals surface area contributed by atoms with E-state index in [1.807, 2.05) is 17.2 Å². The van der Waals surface area contributed by atoms with Gasteiger partial charge in [0.25, 0.3) is 0 Å². The Balaban J connectivity index is 1.47. The van der Waals surface area contributed by atoms with Crippen molar-refractivity contribution in [2.24, 2.45) is 21.9 Å². The van der Waals surface area contributed by atoms with Crippen LogP contribution in [0, 0.1) is 11.8 Å². The average Bonchev–Trinajstić information content (AvgIpc) is 3.18. The molecular weight excluding hydrogens is 268 g/mol. The maximum absolute atomic E-state index is 11.6. The second-order valence-electron chi connectivity index (χ2n) is 6.26. The minimum atomic E-state index is -0.448. The van der Waals surface area contributed by atoms with Crippen molar-refractivity contribution in [1.29, 1.82) is 0 Å². The number of nitrogens with zero attached hydrogens (tertiary/aromatic N) is 4. The molecule has 0 aromatic rings. The molecule has 6 heteroatoms. The lowest BCUT2D eigenvalue weighted by Gasteiger charge is -2.25. The van der Waals surface area contributed by atoms with Crippen LogP contribution in [0.15, 0.2) is 22.2 Å². The van der Waals surface area contributed by atoms with Crippen molar-refractivity contribution in [2.75, 3.05) is 26.7 Å². The number of carbonyl (C=O) groups excluding carboxylic acids is 1. The maximum atomic E-state index is 11.6. The molecule has 0 bridgehead atoms. The van der Waals surface area contributed by atoms with Gasteiger partial charge in [0.05, 0.1) is 13.7 Å². The number of hydrogen-bond donors (Lipinski definition) is 0. The van der Waals surface area contributed by atoms with Gasteiger partial charge in [-0.1, -0.05) is 6.42 Å². The summed E-state index contributed by atoms with van der Waals surface area (Å²) in [4.78, 5) is 18.3. The Morgan fingerprint density at radius 1 is 1.19 bits per heavy atom. The number of aliphatic imine (C=N–C) groups is 1. The van der Waals surface area contributed by atoms with E-state index in [0.717, 1.165) is 36.6 Å². The minimum absolute atomic E-state index is 0.294. The van der Waals surface area contributed by atoms with Crippen LogP contribution in [-0.4, -0.2) is 60.3 Å². The zero-order valence-electron chi connectivity index (χ0n) is 12.2. The molecule has 2 fully saturated rings. The summed E-state index contributed by atoms with van der Waals surface area (Å²) >= 11 is 0. The van der Waals surface area contributed by atoms with E-state index in [1.54, 1.807) is 0 Å². The molecule has 3 atom stereocenters. The summed E-state index contributed by atoms with van der Waals surface area (Å²) in [6, 6.07) is -0.448. The molecule has 0 amide bonds. The topological polar surface area (TPSA) is 57.5 Å². The van der Waals surface area contributed by atoms with Gasteiger partial charge < -0.3 is 9.64 Å². The number of rotatable bonds is 1. The van der Waals surface area contributed by atoms with Crippen LogP contribution >= 0.6 is 0 Å². The molecule has 3 unspecified atom stereocenters. The van der Waals surface area contributed by atoms with Crippen molar-refractivity contribution in [2.45, 2.75) is 25.3 Å². The van der Waals surface area contributed by atoms with E-state index in [1.165, 1.54) is 26.4 Å². The summed E-state index contributed by atoms with van der Waals surface area (Å²) in [5.41, 5.74) is 0. The molecule has 21 heavy (non-hydrogen) atoms. The first-order valence-corrected chi connectivity index (χ1v) is 7.69. The van der Waals surface area contributed by atoms with Crippen molar-refractivity contribution in [3.63, 3.8) is 0 Å². The minimum Gasteiger partial charge on any atom is -0.467 e. The van der Waals surface area contributed by atoms with Crippen LogP contribution in [0.5, 0.6) is 0 Å². The maximum Gasteiger partial charge on any atom is 0.332 e. The number of carbonyl (C=O) groups is 1. The lowest BCUT2D eigenvalue weighted by molar-refractivity contribution is -0.141. The van der Waals surface area contributed by atoms with E-state index < -0.39 is 6.04 Å². The number of hydrogen-bond acceptors (Lipinski definition) is 6. The van der Waals surface area contributed by atoms with Gasteiger partial charge in [0.2, 0.25) is 0 Å². The lowest BCUT2D eigenvalue weighted by Crippen LogP contribution is -2.36. The fourth-order valence-corrected chi connectivity index (χ4v) is 3.91. The Kier molecular flexibility index (Phi) is 2.97. The number of hydrazone groups is 1. The highest BCUT2D eigenvalue weighted by atomic mass is 16.5. The van der Waals surface area contributed by atoms with Crippen LogP contribution in [0.4, 0.5) is 0 Å². The number of fused-ring (bicyclic) bond motifs is 2. The predicted molar refractivity (Wildman–Crippen MR) is 78.9 cm³/mol. The first-order valence-electron chi connectivity index (χ1n) is 7.69. The second kappa shape index (κ2) is 4.86. The highest BCUT2D eigenvalue weighted by Gasteiger charge is 2.38. The molecule has 0 aromatic heterocycles. The Hall–Kier alpha value is -1.85. The summed E-state index contributed by atoms with van der Waals surface area (Å²) < 4.78 is 4.76. The van der Waals surface area contributed by atoms with E-state index in [2.05, 4.69) is 15.0 Å². The molecule has 4 aliphatic rings. The molecule has 3 heterocycles. The zero-order valence-corrected chi connectivity index (χ0v) is 12.2. The van der Waals surface area contributed by atoms with Gasteiger partial charge in [-0.05, 0) is 36.8 Å². The Morgan fingerprint density at radius 3 is 2.62 bits per heavy atom.